The normalized spacial score (nSPS) is 12.4. The van der Waals surface area contributed by atoms with Gasteiger partial charge in [-0.25, -0.2) is 9.18 Å². The van der Waals surface area contributed by atoms with Crippen molar-refractivity contribution in [3.05, 3.63) is 139 Å². The molecule has 0 unspecified atom stereocenters. The van der Waals surface area contributed by atoms with E-state index in [-0.39, 0.29) is 17.9 Å². The summed E-state index contributed by atoms with van der Waals surface area (Å²) in [7, 11) is 0. The van der Waals surface area contributed by atoms with Gasteiger partial charge in [-0.15, -0.1) is 0 Å². The number of carbonyl (C=O) groups is 2. The SMILES string of the molecule is Nc1ccccc1NC(=O)/C=C/CC[C@H](Oc1ccccc1)[C@@H](OC(=O)Nc1cccc2ccccc12)c1ccc(O)c(F)c1. The van der Waals surface area contributed by atoms with E-state index in [1.54, 1.807) is 60.7 Å². The molecule has 0 aromatic heterocycles. The van der Waals surface area contributed by atoms with Crippen molar-refractivity contribution in [1.29, 1.82) is 0 Å². The van der Waals surface area contributed by atoms with Crippen LogP contribution in [0.25, 0.3) is 10.8 Å². The summed E-state index contributed by atoms with van der Waals surface area (Å²) >= 11 is 0. The Hall–Kier alpha value is -5.83. The van der Waals surface area contributed by atoms with E-state index >= 15 is 0 Å². The smallest absolute Gasteiger partial charge is 0.412 e. The van der Waals surface area contributed by atoms with Crippen molar-refractivity contribution in [2.24, 2.45) is 0 Å². The van der Waals surface area contributed by atoms with Crippen LogP contribution in [0.15, 0.2) is 127 Å². The first-order chi connectivity index (χ1) is 21.9. The summed E-state index contributed by atoms with van der Waals surface area (Å²) in [5.74, 6) is -1.26. The molecule has 0 spiro atoms. The zero-order chi connectivity index (χ0) is 31.6. The third-order valence-electron chi connectivity index (χ3n) is 7.03. The maximum atomic E-state index is 14.6. The number of ether oxygens (including phenoxy) is 2. The van der Waals surface area contributed by atoms with E-state index in [1.165, 1.54) is 18.2 Å². The zero-order valence-corrected chi connectivity index (χ0v) is 24.2. The largest absolute Gasteiger partial charge is 0.505 e. The van der Waals surface area contributed by atoms with Crippen molar-refractivity contribution in [2.75, 3.05) is 16.4 Å². The molecule has 2 amide bonds. The fourth-order valence-electron chi connectivity index (χ4n) is 4.83. The Morgan fingerprint density at radius 2 is 1.56 bits per heavy atom. The van der Waals surface area contributed by atoms with Gasteiger partial charge in [0, 0.05) is 5.39 Å². The molecule has 0 aliphatic rings. The highest BCUT2D eigenvalue weighted by Crippen LogP contribution is 2.32. The lowest BCUT2D eigenvalue weighted by molar-refractivity contribution is -0.111. The predicted molar refractivity (Wildman–Crippen MR) is 174 cm³/mol. The van der Waals surface area contributed by atoms with Crippen LogP contribution in [0.5, 0.6) is 11.5 Å². The number of nitrogen functional groups attached to an aromatic ring is 1. The lowest BCUT2D eigenvalue weighted by Gasteiger charge is -2.28. The van der Waals surface area contributed by atoms with Crippen LogP contribution in [0.2, 0.25) is 0 Å². The number of carbonyl (C=O) groups excluding carboxylic acids is 2. The molecule has 2 atom stereocenters. The van der Waals surface area contributed by atoms with E-state index in [2.05, 4.69) is 10.6 Å². The van der Waals surface area contributed by atoms with Gasteiger partial charge >= 0.3 is 6.09 Å². The Morgan fingerprint density at radius 3 is 2.36 bits per heavy atom. The number of para-hydroxylation sites is 3. The summed E-state index contributed by atoms with van der Waals surface area (Å²) in [4.78, 5) is 25.9. The third-order valence-corrected chi connectivity index (χ3v) is 7.03. The van der Waals surface area contributed by atoms with Crippen LogP contribution in [-0.2, 0) is 9.53 Å². The molecule has 8 nitrogen and oxygen atoms in total. The molecule has 5 aromatic carbocycles. The van der Waals surface area contributed by atoms with Crippen LogP contribution in [0, 0.1) is 5.82 Å². The number of allylic oxidation sites excluding steroid dienone is 1. The molecule has 0 bridgehead atoms. The van der Waals surface area contributed by atoms with Gasteiger partial charge in [-0.05, 0) is 72.3 Å². The standard InChI is InChI=1S/C36H32FN3O5/c37-28-23-25(21-22-32(28)41)35(45-36(43)40-30-18-10-12-24-11-4-5-15-27(24)30)33(44-26-13-2-1-3-14-26)19-8-9-20-34(42)39-31-17-7-6-16-29(31)38/h1-7,9-18,20-23,33,35,41H,8,19,38H2,(H,39,42)(H,40,43)/b20-9+/t33-,35-/m0/s1. The Labute approximate surface area is 259 Å². The van der Waals surface area contributed by atoms with Crippen LogP contribution in [0.3, 0.4) is 0 Å². The summed E-state index contributed by atoms with van der Waals surface area (Å²) in [5, 5.41) is 17.1. The number of fused-ring (bicyclic) bond motifs is 1. The number of benzene rings is 5. The first kappa shape index (κ1) is 30.6. The number of nitrogens with one attached hydrogen (secondary N) is 2. The van der Waals surface area contributed by atoms with Crippen LogP contribution in [0.4, 0.5) is 26.2 Å². The summed E-state index contributed by atoms with van der Waals surface area (Å²) in [6.45, 7) is 0. The van der Waals surface area contributed by atoms with Gasteiger partial charge in [-0.1, -0.05) is 78.9 Å². The second kappa shape index (κ2) is 14.6. The molecule has 5 aromatic rings. The van der Waals surface area contributed by atoms with Gasteiger partial charge < -0.3 is 25.6 Å². The number of rotatable bonds is 11. The van der Waals surface area contributed by atoms with Crippen LogP contribution in [0.1, 0.15) is 24.5 Å². The molecule has 0 radical (unpaired) electrons. The second-order valence-electron chi connectivity index (χ2n) is 10.2. The molecule has 0 heterocycles. The lowest BCUT2D eigenvalue weighted by Crippen LogP contribution is -2.31. The molecule has 0 fully saturated rings. The molecule has 0 saturated carbocycles. The average molecular weight is 606 g/mol. The molecular formula is C36H32FN3O5. The summed E-state index contributed by atoms with van der Waals surface area (Å²) in [6.07, 6.45) is 0.993. The third kappa shape index (κ3) is 8.17. The van der Waals surface area contributed by atoms with Gasteiger partial charge in [0.25, 0.3) is 0 Å². The molecule has 0 saturated heterocycles. The molecule has 0 aliphatic heterocycles. The van der Waals surface area contributed by atoms with E-state index in [9.17, 15) is 19.1 Å². The fourth-order valence-corrected chi connectivity index (χ4v) is 4.83. The van der Waals surface area contributed by atoms with E-state index in [0.717, 1.165) is 16.8 Å². The average Bonchev–Trinajstić information content (AvgIpc) is 3.04. The van der Waals surface area contributed by atoms with Crippen molar-refractivity contribution in [3.8, 4) is 11.5 Å². The zero-order valence-electron chi connectivity index (χ0n) is 24.2. The highest BCUT2D eigenvalue weighted by molar-refractivity contribution is 6.01. The number of anilines is 3. The second-order valence-corrected chi connectivity index (χ2v) is 10.2. The lowest BCUT2D eigenvalue weighted by atomic mass is 9.99. The summed E-state index contributed by atoms with van der Waals surface area (Å²) < 4.78 is 26.8. The number of hydrogen-bond acceptors (Lipinski definition) is 6. The minimum atomic E-state index is -1.10. The summed E-state index contributed by atoms with van der Waals surface area (Å²) in [6, 6.07) is 32.8. The number of amides is 2. The molecule has 5 rings (SSSR count). The number of aromatic hydroxyl groups is 1. The van der Waals surface area contributed by atoms with E-state index in [4.69, 9.17) is 15.2 Å². The topological polar surface area (TPSA) is 123 Å². The van der Waals surface area contributed by atoms with Crippen molar-refractivity contribution >= 4 is 39.8 Å². The fraction of sp³-hybridized carbons (Fsp3) is 0.111. The predicted octanol–water partition coefficient (Wildman–Crippen LogP) is 7.98. The van der Waals surface area contributed by atoms with Crippen molar-refractivity contribution in [3.63, 3.8) is 0 Å². The van der Waals surface area contributed by atoms with E-state index in [0.29, 0.717) is 29.2 Å². The Balaban J connectivity index is 1.38. The molecule has 45 heavy (non-hydrogen) atoms. The highest BCUT2D eigenvalue weighted by Gasteiger charge is 2.30. The Morgan fingerprint density at radius 1 is 0.844 bits per heavy atom. The number of nitrogens with two attached hydrogens (primary N) is 1. The van der Waals surface area contributed by atoms with Crippen LogP contribution < -0.4 is 21.1 Å². The highest BCUT2D eigenvalue weighted by atomic mass is 19.1. The Kier molecular flexibility index (Phi) is 9.91. The first-order valence-electron chi connectivity index (χ1n) is 14.3. The number of hydrogen-bond donors (Lipinski definition) is 4. The van der Waals surface area contributed by atoms with Crippen molar-refractivity contribution in [1.82, 2.24) is 0 Å². The van der Waals surface area contributed by atoms with Gasteiger partial charge in [-0.3, -0.25) is 10.1 Å². The molecule has 5 N–H and O–H groups in total. The maximum absolute atomic E-state index is 14.6. The van der Waals surface area contributed by atoms with Gasteiger partial charge in [0.2, 0.25) is 5.91 Å². The van der Waals surface area contributed by atoms with Gasteiger partial charge in [0.05, 0.1) is 17.1 Å². The minimum Gasteiger partial charge on any atom is -0.505 e. The van der Waals surface area contributed by atoms with Gasteiger partial charge in [0.15, 0.2) is 17.7 Å². The van der Waals surface area contributed by atoms with Crippen molar-refractivity contribution in [2.45, 2.75) is 25.0 Å². The van der Waals surface area contributed by atoms with E-state index in [1.807, 2.05) is 42.5 Å². The number of phenols is 1. The minimum absolute atomic E-state index is 0.278. The van der Waals surface area contributed by atoms with Gasteiger partial charge in [-0.2, -0.15) is 0 Å². The van der Waals surface area contributed by atoms with Crippen LogP contribution >= 0.6 is 0 Å². The monoisotopic (exact) mass is 605 g/mol. The maximum Gasteiger partial charge on any atom is 0.412 e. The van der Waals surface area contributed by atoms with Gasteiger partial charge in [0.1, 0.15) is 11.9 Å². The van der Waals surface area contributed by atoms with Crippen LogP contribution in [-0.4, -0.2) is 23.2 Å². The first-order valence-corrected chi connectivity index (χ1v) is 14.3. The molecule has 228 valence electrons. The quantitative estimate of drug-likeness (QED) is 0.0894. The number of phenolic OH excluding ortho intramolecular Hbond substituents is 1. The van der Waals surface area contributed by atoms with E-state index < -0.39 is 29.9 Å². The van der Waals surface area contributed by atoms with Crippen molar-refractivity contribution < 1.29 is 28.6 Å². The molecule has 9 heteroatoms. The molecular weight excluding hydrogens is 573 g/mol. The summed E-state index contributed by atoms with van der Waals surface area (Å²) in [5.41, 5.74) is 7.68. The number of halogens is 1. The molecule has 0 aliphatic carbocycles. The Bertz CT molecular complexity index is 1810.